The number of para-hydroxylation sites is 1. The zero-order valence-electron chi connectivity index (χ0n) is 26.0. The zero-order valence-corrected chi connectivity index (χ0v) is 26.8. The Balaban J connectivity index is 1.11. The van der Waals surface area contributed by atoms with Gasteiger partial charge in [0, 0.05) is 30.1 Å². The van der Waals surface area contributed by atoms with Crippen molar-refractivity contribution in [2.24, 2.45) is 4.99 Å². The fraction of sp³-hybridized carbons (Fsp3) is 0.353. The van der Waals surface area contributed by atoms with Crippen LogP contribution in [0.3, 0.4) is 0 Å². The Morgan fingerprint density at radius 2 is 1.78 bits per heavy atom. The lowest BCUT2D eigenvalue weighted by molar-refractivity contribution is -0.274. The number of carbonyl (C=O) groups excluding carboxylic acids is 1. The molecule has 1 N–H and O–H groups in total. The predicted octanol–water partition coefficient (Wildman–Crippen LogP) is 8.55. The van der Waals surface area contributed by atoms with Crippen molar-refractivity contribution in [3.05, 3.63) is 90.3 Å². The first-order valence-electron chi connectivity index (χ1n) is 15.3. The number of aliphatic imine (C=N–C) groups is 1. The van der Waals surface area contributed by atoms with E-state index < -0.39 is 6.36 Å². The minimum atomic E-state index is -4.74. The maximum Gasteiger partial charge on any atom is 0.573 e. The Morgan fingerprint density at radius 1 is 1.04 bits per heavy atom. The van der Waals surface area contributed by atoms with Gasteiger partial charge in [0.25, 0.3) is 0 Å². The van der Waals surface area contributed by atoms with Crippen molar-refractivity contribution < 1.29 is 22.7 Å². The molecule has 1 fully saturated rings. The Morgan fingerprint density at radius 3 is 2.50 bits per heavy atom. The Labute approximate surface area is 271 Å². The molecule has 0 radical (unpaired) electrons. The molecule has 1 atom stereocenters. The second kappa shape index (κ2) is 14.8. The van der Waals surface area contributed by atoms with Crippen LogP contribution in [0.4, 0.5) is 23.7 Å². The molecule has 0 bridgehead atoms. The standard InChI is InChI=1S/C34H37F3N6O2S/c1-23(2)29-9-4-5-10-30(29)42-20-7-21-46-33(42)40-32(44)38-19-6-8-24(3)25-11-13-26(14-12-25)31-39-22-43(41-31)27-15-17-28(18-16-27)45-34(35,36)37/h4-5,9-18,22-24H,6-8,19-21H2,1-3H3,(H,38,44)/b40-33-. The van der Waals surface area contributed by atoms with E-state index in [0.29, 0.717) is 24.0 Å². The lowest BCUT2D eigenvalue weighted by atomic mass is 9.95. The van der Waals surface area contributed by atoms with Crippen molar-refractivity contribution in [2.45, 2.75) is 58.2 Å². The topological polar surface area (TPSA) is 84.6 Å². The maximum absolute atomic E-state index is 12.8. The molecule has 1 saturated heterocycles. The first-order valence-corrected chi connectivity index (χ1v) is 16.3. The van der Waals surface area contributed by atoms with Crippen LogP contribution in [0.15, 0.2) is 84.1 Å². The van der Waals surface area contributed by atoms with E-state index in [2.05, 4.69) is 69.0 Å². The van der Waals surface area contributed by atoms with Crippen molar-refractivity contribution >= 4 is 28.6 Å². The van der Waals surface area contributed by atoms with Crippen molar-refractivity contribution in [1.82, 2.24) is 20.1 Å². The van der Waals surface area contributed by atoms with E-state index in [1.807, 2.05) is 30.3 Å². The van der Waals surface area contributed by atoms with E-state index in [1.54, 1.807) is 11.8 Å². The summed E-state index contributed by atoms with van der Waals surface area (Å²) in [6.07, 6.45) is -0.489. The van der Waals surface area contributed by atoms with Gasteiger partial charge < -0.3 is 15.0 Å². The number of amidine groups is 1. The first-order chi connectivity index (χ1) is 22.1. The molecule has 5 rings (SSSR count). The van der Waals surface area contributed by atoms with Gasteiger partial charge in [0.05, 0.1) is 5.69 Å². The van der Waals surface area contributed by atoms with Gasteiger partial charge in [-0.3, -0.25) is 0 Å². The Hall–Kier alpha value is -4.32. The van der Waals surface area contributed by atoms with Gasteiger partial charge in [0.15, 0.2) is 11.0 Å². The minimum absolute atomic E-state index is 0.275. The largest absolute Gasteiger partial charge is 0.573 e. The molecule has 1 aliphatic heterocycles. The summed E-state index contributed by atoms with van der Waals surface area (Å²) in [6, 6.07) is 21.4. The normalized spacial score (nSPS) is 15.3. The van der Waals surface area contributed by atoms with E-state index in [9.17, 15) is 18.0 Å². The van der Waals surface area contributed by atoms with Crippen molar-refractivity contribution in [3.63, 3.8) is 0 Å². The van der Waals surface area contributed by atoms with E-state index in [0.717, 1.165) is 53.5 Å². The number of anilines is 1. The third kappa shape index (κ3) is 8.68. The number of halogens is 3. The second-order valence-electron chi connectivity index (χ2n) is 11.4. The van der Waals surface area contributed by atoms with Crippen molar-refractivity contribution in [1.29, 1.82) is 0 Å². The average molecular weight is 651 g/mol. The number of nitrogens with zero attached hydrogens (tertiary/aromatic N) is 5. The van der Waals surface area contributed by atoms with Crippen LogP contribution in [0.5, 0.6) is 5.75 Å². The summed E-state index contributed by atoms with van der Waals surface area (Å²) in [5.74, 6) is 1.79. The van der Waals surface area contributed by atoms with Crippen LogP contribution in [-0.4, -0.2) is 51.2 Å². The molecule has 2 amide bonds. The summed E-state index contributed by atoms with van der Waals surface area (Å²) in [7, 11) is 0. The number of thioether (sulfide) groups is 1. The summed E-state index contributed by atoms with van der Waals surface area (Å²) in [6.45, 7) is 7.88. The van der Waals surface area contributed by atoms with Crippen LogP contribution in [0.1, 0.15) is 63.0 Å². The summed E-state index contributed by atoms with van der Waals surface area (Å²) in [5, 5.41) is 8.18. The lowest BCUT2D eigenvalue weighted by Gasteiger charge is -2.31. The van der Waals surface area contributed by atoms with E-state index in [-0.39, 0.29) is 17.7 Å². The molecule has 1 aliphatic rings. The summed E-state index contributed by atoms with van der Waals surface area (Å²) in [4.78, 5) is 23.7. The molecule has 0 saturated carbocycles. The van der Waals surface area contributed by atoms with E-state index in [4.69, 9.17) is 0 Å². The number of ether oxygens (including phenoxy) is 1. The fourth-order valence-electron chi connectivity index (χ4n) is 5.27. The third-order valence-corrected chi connectivity index (χ3v) is 8.75. The van der Waals surface area contributed by atoms with Gasteiger partial charge in [0.2, 0.25) is 0 Å². The number of rotatable bonds is 10. The van der Waals surface area contributed by atoms with Crippen LogP contribution in [0, 0.1) is 0 Å². The van der Waals surface area contributed by atoms with E-state index >= 15 is 0 Å². The van der Waals surface area contributed by atoms with Crippen LogP contribution in [-0.2, 0) is 0 Å². The molecule has 1 unspecified atom stereocenters. The number of nitrogens with one attached hydrogen (secondary N) is 1. The van der Waals surface area contributed by atoms with Crippen LogP contribution in [0.25, 0.3) is 17.1 Å². The SMILES string of the molecule is CC(C)c1ccccc1N1CCCS/C1=N\C(=O)NCCCC(C)c1ccc(-c2ncn(-c3ccc(OC(F)(F)F)cc3)n2)cc1. The number of carbonyl (C=O) groups is 1. The van der Waals surface area contributed by atoms with Gasteiger partial charge in [-0.15, -0.1) is 18.3 Å². The molecule has 12 heteroatoms. The van der Waals surface area contributed by atoms with Gasteiger partial charge in [-0.05, 0) is 72.6 Å². The number of alkyl halides is 3. The van der Waals surface area contributed by atoms with Gasteiger partial charge in [-0.1, -0.05) is 75.0 Å². The average Bonchev–Trinajstić information content (AvgIpc) is 3.53. The van der Waals surface area contributed by atoms with E-state index in [1.165, 1.54) is 40.8 Å². The summed E-state index contributed by atoms with van der Waals surface area (Å²) < 4.78 is 42.7. The number of aromatic nitrogens is 3. The molecule has 0 aliphatic carbocycles. The van der Waals surface area contributed by atoms with Crippen LogP contribution < -0.4 is 15.0 Å². The van der Waals surface area contributed by atoms with Gasteiger partial charge in [-0.25, -0.2) is 14.5 Å². The number of hydrogen-bond acceptors (Lipinski definition) is 5. The molecule has 2 heterocycles. The number of urea groups is 1. The smallest absolute Gasteiger partial charge is 0.406 e. The highest BCUT2D eigenvalue weighted by molar-refractivity contribution is 8.14. The van der Waals surface area contributed by atoms with Crippen LogP contribution in [0.2, 0.25) is 0 Å². The van der Waals surface area contributed by atoms with Crippen molar-refractivity contribution in [3.8, 4) is 22.8 Å². The Bertz CT molecular complexity index is 1640. The lowest BCUT2D eigenvalue weighted by Crippen LogP contribution is -2.36. The molecule has 1 aromatic heterocycles. The molecule has 8 nitrogen and oxygen atoms in total. The zero-order chi connectivity index (χ0) is 32.7. The number of amides is 2. The third-order valence-electron chi connectivity index (χ3n) is 7.69. The monoisotopic (exact) mass is 650 g/mol. The van der Waals surface area contributed by atoms with Gasteiger partial charge in [-0.2, -0.15) is 4.99 Å². The molecule has 4 aromatic rings. The fourth-order valence-corrected chi connectivity index (χ4v) is 6.22. The van der Waals surface area contributed by atoms with Crippen LogP contribution >= 0.6 is 11.8 Å². The van der Waals surface area contributed by atoms with Gasteiger partial charge >= 0.3 is 12.4 Å². The molecular formula is C34H37F3N6O2S. The Kier molecular flexibility index (Phi) is 10.7. The molecule has 3 aromatic carbocycles. The highest BCUT2D eigenvalue weighted by Crippen LogP contribution is 2.32. The maximum atomic E-state index is 12.8. The highest BCUT2D eigenvalue weighted by Gasteiger charge is 2.31. The molecule has 46 heavy (non-hydrogen) atoms. The highest BCUT2D eigenvalue weighted by atomic mass is 32.2. The van der Waals surface area contributed by atoms with Crippen molar-refractivity contribution in [2.75, 3.05) is 23.7 Å². The summed E-state index contributed by atoms with van der Waals surface area (Å²) in [5.41, 5.74) is 4.91. The molecule has 242 valence electrons. The van der Waals surface area contributed by atoms with Gasteiger partial charge in [0.1, 0.15) is 12.1 Å². The summed E-state index contributed by atoms with van der Waals surface area (Å²) >= 11 is 1.62. The minimum Gasteiger partial charge on any atom is -0.406 e. The molecular weight excluding hydrogens is 613 g/mol. The number of hydrogen-bond donors (Lipinski definition) is 1. The predicted molar refractivity (Wildman–Crippen MR) is 177 cm³/mol. The number of benzene rings is 3. The quantitative estimate of drug-likeness (QED) is 0.173. The molecule has 0 spiro atoms. The second-order valence-corrected chi connectivity index (χ2v) is 12.5. The first kappa shape index (κ1) is 33.1.